The van der Waals surface area contributed by atoms with Gasteiger partial charge in [0.25, 0.3) is 0 Å². The van der Waals surface area contributed by atoms with Gasteiger partial charge >= 0.3 is 0 Å². The lowest BCUT2D eigenvalue weighted by atomic mass is 10.3. The molecule has 1 saturated heterocycles. The third kappa shape index (κ3) is 1.21. The second-order valence-corrected chi connectivity index (χ2v) is 4.14. The first kappa shape index (κ1) is 7.36. The van der Waals surface area contributed by atoms with Crippen LogP contribution in [0.1, 0.15) is 6.42 Å². The maximum absolute atomic E-state index is 12.9. The minimum absolute atomic E-state index is 0.127. The van der Waals surface area contributed by atoms with E-state index in [9.17, 15) is 4.39 Å². The van der Waals surface area contributed by atoms with E-state index >= 15 is 0 Å². The summed E-state index contributed by atoms with van der Waals surface area (Å²) in [4.78, 5) is 2.29. The van der Waals surface area contributed by atoms with Gasteiger partial charge in [-0.2, -0.15) is 0 Å². The molecule has 2 unspecified atom stereocenters. The van der Waals surface area contributed by atoms with Gasteiger partial charge in [0.15, 0.2) is 0 Å². The van der Waals surface area contributed by atoms with E-state index in [-0.39, 0.29) is 5.82 Å². The van der Waals surface area contributed by atoms with Crippen LogP contribution in [0.2, 0.25) is 0 Å². The van der Waals surface area contributed by atoms with Crippen LogP contribution in [-0.2, 0) is 0 Å². The molecule has 1 heterocycles. The number of hydrogen-bond donors (Lipinski definition) is 0. The molecule has 2 aliphatic rings. The number of fused-ring (bicyclic) bond motifs is 1. The zero-order valence-electron chi connectivity index (χ0n) is 7.41. The summed E-state index contributed by atoms with van der Waals surface area (Å²) < 4.78 is 12.9. The molecule has 0 aromatic heterocycles. The van der Waals surface area contributed by atoms with E-state index in [0.717, 1.165) is 30.6 Å². The molecule has 0 N–H and O–H groups in total. The molecular formula is C11H12FN. The largest absolute Gasteiger partial charge is 0.371 e. The summed E-state index contributed by atoms with van der Waals surface area (Å²) in [5, 5.41) is 0. The van der Waals surface area contributed by atoms with Crippen molar-refractivity contribution in [3.63, 3.8) is 0 Å². The van der Waals surface area contributed by atoms with Gasteiger partial charge in [0.2, 0.25) is 0 Å². The van der Waals surface area contributed by atoms with Gasteiger partial charge in [-0.15, -0.1) is 0 Å². The fourth-order valence-corrected chi connectivity index (χ4v) is 2.28. The predicted molar refractivity (Wildman–Crippen MR) is 50.2 cm³/mol. The third-order valence-corrected chi connectivity index (χ3v) is 3.15. The van der Waals surface area contributed by atoms with E-state index in [1.54, 1.807) is 12.1 Å². The van der Waals surface area contributed by atoms with Crippen molar-refractivity contribution in [2.75, 3.05) is 18.0 Å². The molecule has 68 valence electrons. The van der Waals surface area contributed by atoms with E-state index in [1.807, 2.05) is 6.07 Å². The highest BCUT2D eigenvalue weighted by Gasteiger charge is 2.44. The van der Waals surface area contributed by atoms with Gasteiger partial charge in [-0.1, -0.05) is 6.07 Å². The monoisotopic (exact) mass is 177 g/mol. The second kappa shape index (κ2) is 2.47. The predicted octanol–water partition coefficient (Wildman–Crippen LogP) is 2.28. The van der Waals surface area contributed by atoms with Crippen molar-refractivity contribution < 1.29 is 4.39 Å². The maximum Gasteiger partial charge on any atom is 0.125 e. The second-order valence-electron chi connectivity index (χ2n) is 4.14. The Morgan fingerprint density at radius 1 is 1.23 bits per heavy atom. The molecule has 13 heavy (non-hydrogen) atoms. The molecule has 1 saturated carbocycles. The number of halogens is 1. The molecule has 0 bridgehead atoms. The Morgan fingerprint density at radius 3 is 2.69 bits per heavy atom. The SMILES string of the molecule is Fc1cccc(N2CC3CC3C2)c1. The van der Waals surface area contributed by atoms with E-state index < -0.39 is 0 Å². The summed E-state index contributed by atoms with van der Waals surface area (Å²) in [5.41, 5.74) is 1.05. The van der Waals surface area contributed by atoms with Gasteiger partial charge in [-0.3, -0.25) is 0 Å². The molecule has 1 aromatic rings. The van der Waals surface area contributed by atoms with Crippen molar-refractivity contribution in [1.29, 1.82) is 0 Å². The smallest absolute Gasteiger partial charge is 0.125 e. The van der Waals surface area contributed by atoms with Crippen LogP contribution < -0.4 is 4.90 Å². The Bertz CT molecular complexity index is 327. The van der Waals surface area contributed by atoms with Crippen molar-refractivity contribution >= 4 is 5.69 Å². The number of anilines is 1. The first-order valence-electron chi connectivity index (χ1n) is 4.83. The molecule has 1 aliphatic heterocycles. The summed E-state index contributed by atoms with van der Waals surface area (Å²) in [6, 6.07) is 6.91. The third-order valence-electron chi connectivity index (χ3n) is 3.15. The average molecular weight is 177 g/mol. The molecule has 1 aliphatic carbocycles. The topological polar surface area (TPSA) is 3.24 Å². The minimum atomic E-state index is -0.127. The van der Waals surface area contributed by atoms with Gasteiger partial charge in [0.05, 0.1) is 0 Å². The van der Waals surface area contributed by atoms with Crippen molar-refractivity contribution in [2.24, 2.45) is 11.8 Å². The fourth-order valence-electron chi connectivity index (χ4n) is 2.28. The van der Waals surface area contributed by atoms with E-state index in [2.05, 4.69) is 4.90 Å². The highest BCUT2D eigenvalue weighted by molar-refractivity contribution is 5.48. The summed E-state index contributed by atoms with van der Waals surface area (Å²) in [6.07, 6.45) is 1.39. The van der Waals surface area contributed by atoms with Crippen molar-refractivity contribution in [3.05, 3.63) is 30.1 Å². The molecule has 1 nitrogen and oxygen atoms in total. The Morgan fingerprint density at radius 2 is 2.00 bits per heavy atom. The van der Waals surface area contributed by atoms with Gasteiger partial charge in [-0.25, -0.2) is 4.39 Å². The van der Waals surface area contributed by atoms with Gasteiger partial charge in [-0.05, 0) is 36.5 Å². The highest BCUT2D eigenvalue weighted by Crippen LogP contribution is 2.46. The normalized spacial score (nSPS) is 30.4. The molecule has 1 aromatic carbocycles. The van der Waals surface area contributed by atoms with Crippen molar-refractivity contribution in [3.8, 4) is 0 Å². The number of benzene rings is 1. The number of piperidine rings is 1. The first-order valence-corrected chi connectivity index (χ1v) is 4.83. The van der Waals surface area contributed by atoms with Crippen molar-refractivity contribution in [2.45, 2.75) is 6.42 Å². The summed E-state index contributed by atoms with van der Waals surface area (Å²) >= 11 is 0. The van der Waals surface area contributed by atoms with Crippen LogP contribution >= 0.6 is 0 Å². The molecule has 0 amide bonds. The Kier molecular flexibility index (Phi) is 1.40. The zero-order valence-corrected chi connectivity index (χ0v) is 7.41. The van der Waals surface area contributed by atoms with Gasteiger partial charge < -0.3 is 4.90 Å². The summed E-state index contributed by atoms with van der Waals surface area (Å²) in [5.74, 6) is 1.68. The number of nitrogens with zero attached hydrogens (tertiary/aromatic N) is 1. The molecule has 0 radical (unpaired) electrons. The minimum Gasteiger partial charge on any atom is -0.371 e. The summed E-state index contributed by atoms with van der Waals surface area (Å²) in [7, 11) is 0. The van der Waals surface area contributed by atoms with Gasteiger partial charge in [0.1, 0.15) is 5.82 Å². The first-order chi connectivity index (χ1) is 6.33. The Hall–Kier alpha value is -1.05. The molecule has 2 fully saturated rings. The van der Waals surface area contributed by atoms with Crippen molar-refractivity contribution in [1.82, 2.24) is 0 Å². The quantitative estimate of drug-likeness (QED) is 0.636. The van der Waals surface area contributed by atoms with Gasteiger partial charge in [0, 0.05) is 18.8 Å². The lowest BCUT2D eigenvalue weighted by Gasteiger charge is -2.19. The van der Waals surface area contributed by atoms with E-state index in [4.69, 9.17) is 0 Å². The van der Waals surface area contributed by atoms with Crippen LogP contribution in [0.3, 0.4) is 0 Å². The van der Waals surface area contributed by atoms with E-state index in [0.29, 0.717) is 0 Å². The van der Waals surface area contributed by atoms with Crippen LogP contribution in [-0.4, -0.2) is 13.1 Å². The van der Waals surface area contributed by atoms with Crippen LogP contribution in [0, 0.1) is 17.7 Å². The zero-order chi connectivity index (χ0) is 8.84. The molecule has 0 spiro atoms. The summed E-state index contributed by atoms with van der Waals surface area (Å²) in [6.45, 7) is 2.27. The number of hydrogen-bond acceptors (Lipinski definition) is 1. The maximum atomic E-state index is 12.9. The van der Waals surface area contributed by atoms with Crippen LogP contribution in [0.15, 0.2) is 24.3 Å². The fraction of sp³-hybridized carbons (Fsp3) is 0.455. The molecule has 2 atom stereocenters. The molecular weight excluding hydrogens is 165 g/mol. The lowest BCUT2D eigenvalue weighted by molar-refractivity contribution is 0.626. The lowest BCUT2D eigenvalue weighted by Crippen LogP contribution is -2.21. The number of rotatable bonds is 1. The van der Waals surface area contributed by atoms with Crippen LogP contribution in [0.25, 0.3) is 0 Å². The van der Waals surface area contributed by atoms with Crippen LogP contribution in [0.4, 0.5) is 10.1 Å². The standard InChI is InChI=1S/C11H12FN/c12-10-2-1-3-11(5-10)13-6-8-4-9(8)7-13/h1-3,5,8-9H,4,6-7H2. The van der Waals surface area contributed by atoms with Crippen LogP contribution in [0.5, 0.6) is 0 Å². The highest BCUT2D eigenvalue weighted by atomic mass is 19.1. The molecule has 3 rings (SSSR count). The average Bonchev–Trinajstić information content (AvgIpc) is 2.74. The van der Waals surface area contributed by atoms with E-state index in [1.165, 1.54) is 12.5 Å². The molecule has 2 heteroatoms. The Balaban J connectivity index is 1.84. The Labute approximate surface area is 77.2 Å².